The van der Waals surface area contributed by atoms with Gasteiger partial charge in [0.05, 0.1) is 0 Å². The fourth-order valence-electron chi connectivity index (χ4n) is 1.65. The molecule has 13 heavy (non-hydrogen) atoms. The van der Waals surface area contributed by atoms with Crippen LogP contribution >= 0.6 is 0 Å². The molecule has 0 bridgehead atoms. The Morgan fingerprint density at radius 3 is 2.23 bits per heavy atom. The van der Waals surface area contributed by atoms with Gasteiger partial charge in [0.2, 0.25) is 0 Å². The molecule has 1 aliphatic rings. The fraction of sp³-hybridized carbons (Fsp3) is 1.00. The van der Waals surface area contributed by atoms with Crippen LogP contribution in [0.2, 0.25) is 0 Å². The van der Waals surface area contributed by atoms with Crippen molar-refractivity contribution in [1.29, 1.82) is 0 Å². The number of hydrogen-bond donors (Lipinski definition) is 1. The Morgan fingerprint density at radius 2 is 1.85 bits per heavy atom. The molecule has 1 N–H and O–H groups in total. The normalized spacial score (nSPS) is 21.1. The Hall–Kier alpha value is 0.870. The van der Waals surface area contributed by atoms with Crippen LogP contribution in [0.15, 0.2) is 0 Å². The second kappa shape index (κ2) is 5.68. The summed E-state index contributed by atoms with van der Waals surface area (Å²) < 4.78 is 30.9. The van der Waals surface area contributed by atoms with Crippen molar-refractivity contribution in [3.8, 4) is 0 Å². The van der Waals surface area contributed by atoms with E-state index in [4.69, 9.17) is 5.11 Å². The minimum absolute atomic E-state index is 0. The molecule has 1 aliphatic carbocycles. The third-order valence-electron chi connectivity index (χ3n) is 2.34. The van der Waals surface area contributed by atoms with Crippen molar-refractivity contribution >= 4 is 10.1 Å². The first-order valence-corrected chi connectivity index (χ1v) is 5.60. The summed E-state index contributed by atoms with van der Waals surface area (Å²) in [5, 5.41) is 8.95. The molecule has 1 rings (SSSR count). The van der Waals surface area contributed by atoms with E-state index in [-0.39, 0.29) is 41.9 Å². The van der Waals surface area contributed by atoms with Gasteiger partial charge in [-0.05, 0) is 12.3 Å². The zero-order valence-electron chi connectivity index (χ0n) is 7.77. The predicted octanol–water partition coefficient (Wildman–Crippen LogP) is -2.57. The zero-order valence-corrected chi connectivity index (χ0v) is 10.6. The van der Waals surface area contributed by atoms with Crippen LogP contribution in [0, 0.1) is 5.92 Å². The second-order valence-electron chi connectivity index (χ2n) is 3.33. The van der Waals surface area contributed by atoms with E-state index in [9.17, 15) is 13.0 Å². The number of hydrogen-bond acceptors (Lipinski definition) is 4. The van der Waals surface area contributed by atoms with Crippen LogP contribution < -0.4 is 29.6 Å². The quantitative estimate of drug-likeness (QED) is 0.415. The van der Waals surface area contributed by atoms with E-state index >= 15 is 0 Å². The number of rotatable bonds is 3. The maximum atomic E-state index is 10.3. The molecule has 0 saturated heterocycles. The molecule has 72 valence electrons. The zero-order chi connectivity index (χ0) is 9.19. The Kier molecular flexibility index (Phi) is 6.06. The van der Waals surface area contributed by atoms with Crippen molar-refractivity contribution < 1.29 is 47.6 Å². The van der Waals surface area contributed by atoms with Crippen molar-refractivity contribution in [3.05, 3.63) is 0 Å². The summed E-state index contributed by atoms with van der Waals surface area (Å²) in [6.45, 7) is 0. The van der Waals surface area contributed by atoms with Crippen molar-refractivity contribution in [2.45, 2.75) is 37.5 Å². The largest absolute Gasteiger partial charge is 1.00 e. The predicted molar refractivity (Wildman–Crippen MR) is 42.3 cm³/mol. The van der Waals surface area contributed by atoms with Crippen molar-refractivity contribution in [3.63, 3.8) is 0 Å². The van der Waals surface area contributed by atoms with Crippen LogP contribution in [0.25, 0.3) is 0 Å². The van der Waals surface area contributed by atoms with E-state index in [1.54, 1.807) is 0 Å². The summed E-state index contributed by atoms with van der Waals surface area (Å²) in [4.78, 5) is 0. The molecule has 0 aliphatic heterocycles. The average molecular weight is 216 g/mol. The van der Waals surface area contributed by atoms with Gasteiger partial charge < -0.3 is 9.66 Å². The van der Waals surface area contributed by atoms with Gasteiger partial charge in [-0.25, -0.2) is 8.42 Å². The van der Waals surface area contributed by atoms with Crippen LogP contribution in [0.3, 0.4) is 0 Å². The molecule has 4 nitrogen and oxygen atoms in total. The SMILES string of the molecule is O=S(=O)([O-])C(O)CC1CCCC1.[Na+]. The van der Waals surface area contributed by atoms with Gasteiger partial charge in [0.15, 0.2) is 0 Å². The smallest absolute Gasteiger partial charge is 0.746 e. The number of aliphatic hydroxyl groups is 1. The maximum Gasteiger partial charge on any atom is 1.00 e. The molecule has 6 heteroatoms. The molecule has 0 aromatic rings. The minimum atomic E-state index is -4.48. The third kappa shape index (κ3) is 4.76. The summed E-state index contributed by atoms with van der Waals surface area (Å²) in [5.74, 6) is 0.226. The summed E-state index contributed by atoms with van der Waals surface area (Å²) >= 11 is 0. The van der Waals surface area contributed by atoms with Gasteiger partial charge in [-0.15, -0.1) is 0 Å². The van der Waals surface area contributed by atoms with Gasteiger partial charge in [-0.2, -0.15) is 0 Å². The standard InChI is InChI=1S/C7H14O4S.Na/c8-7(12(9,10)11)5-6-3-1-2-4-6;/h6-8H,1-5H2,(H,9,10,11);/q;+1/p-1. The molecule has 0 amide bonds. The third-order valence-corrected chi connectivity index (χ3v) is 3.20. The molecule has 1 saturated carbocycles. The van der Waals surface area contributed by atoms with E-state index in [0.29, 0.717) is 0 Å². The van der Waals surface area contributed by atoms with E-state index in [0.717, 1.165) is 25.7 Å². The van der Waals surface area contributed by atoms with Crippen LogP contribution in [-0.4, -0.2) is 23.5 Å². The summed E-state index contributed by atoms with van der Waals surface area (Å²) in [5.41, 5.74) is -1.69. The second-order valence-corrected chi connectivity index (χ2v) is 4.86. The molecule has 1 unspecified atom stereocenters. The molecule has 0 radical (unpaired) electrons. The number of aliphatic hydroxyl groups excluding tert-OH is 1. The van der Waals surface area contributed by atoms with Gasteiger partial charge >= 0.3 is 29.6 Å². The molecule has 1 atom stereocenters. The summed E-state index contributed by atoms with van der Waals surface area (Å²) in [6, 6.07) is 0. The minimum Gasteiger partial charge on any atom is -0.746 e. The Morgan fingerprint density at radius 1 is 1.38 bits per heavy atom. The molecule has 1 fully saturated rings. The Bertz CT molecular complexity index is 233. The van der Waals surface area contributed by atoms with Crippen molar-refractivity contribution in [2.75, 3.05) is 0 Å². The topological polar surface area (TPSA) is 77.4 Å². The van der Waals surface area contributed by atoms with Crippen LogP contribution in [0.5, 0.6) is 0 Å². The average Bonchev–Trinajstić information content (AvgIpc) is 2.37. The molecular formula is C7H13NaO4S. The van der Waals surface area contributed by atoms with Crippen LogP contribution in [0.4, 0.5) is 0 Å². The molecule has 0 spiro atoms. The van der Waals surface area contributed by atoms with Crippen LogP contribution in [-0.2, 0) is 10.1 Å². The summed E-state index contributed by atoms with van der Waals surface area (Å²) in [7, 11) is -4.48. The van der Waals surface area contributed by atoms with Crippen molar-refractivity contribution in [1.82, 2.24) is 0 Å². The summed E-state index contributed by atoms with van der Waals surface area (Å²) in [6.07, 6.45) is 4.15. The van der Waals surface area contributed by atoms with Crippen molar-refractivity contribution in [2.24, 2.45) is 5.92 Å². The monoisotopic (exact) mass is 216 g/mol. The van der Waals surface area contributed by atoms with E-state index in [2.05, 4.69) is 0 Å². The first-order valence-electron chi connectivity index (χ1n) is 4.13. The molecular weight excluding hydrogens is 203 g/mol. The first kappa shape index (κ1) is 13.9. The molecule has 0 heterocycles. The van der Waals surface area contributed by atoms with Gasteiger partial charge in [0.1, 0.15) is 15.6 Å². The van der Waals surface area contributed by atoms with Crippen LogP contribution in [0.1, 0.15) is 32.1 Å². The van der Waals surface area contributed by atoms with E-state index in [1.807, 2.05) is 0 Å². The van der Waals surface area contributed by atoms with Gasteiger partial charge in [-0.1, -0.05) is 25.7 Å². The first-order chi connectivity index (χ1) is 5.50. The van der Waals surface area contributed by atoms with E-state index < -0.39 is 15.6 Å². The Balaban J connectivity index is 0.00000144. The van der Waals surface area contributed by atoms with Gasteiger partial charge in [0.25, 0.3) is 0 Å². The Labute approximate surface area is 101 Å². The van der Waals surface area contributed by atoms with Gasteiger partial charge in [-0.3, -0.25) is 0 Å². The maximum absolute atomic E-state index is 10.3. The van der Waals surface area contributed by atoms with Gasteiger partial charge in [0, 0.05) is 0 Å². The van der Waals surface area contributed by atoms with E-state index in [1.165, 1.54) is 0 Å². The molecule has 0 aromatic heterocycles. The fourth-order valence-corrected chi connectivity index (χ4v) is 2.16. The molecule has 0 aromatic carbocycles.